The zero-order chi connectivity index (χ0) is 11.5. The van der Waals surface area contributed by atoms with E-state index in [0.29, 0.717) is 0 Å². The lowest BCUT2D eigenvalue weighted by Crippen LogP contribution is -2.12. The maximum atomic E-state index is 4.48. The molecule has 0 aliphatic carbocycles. The van der Waals surface area contributed by atoms with Crippen LogP contribution in [0.5, 0.6) is 0 Å². The summed E-state index contributed by atoms with van der Waals surface area (Å²) in [5, 5.41) is 12.0. The monoisotopic (exact) mass is 219 g/mol. The first-order chi connectivity index (χ1) is 7.72. The normalized spacial score (nSPS) is 10.9. The van der Waals surface area contributed by atoms with Gasteiger partial charge < -0.3 is 5.32 Å². The number of nitrogens with zero attached hydrogens (tertiary/aromatic N) is 4. The number of hydrogen-bond acceptors (Lipinski definition) is 3. The van der Waals surface area contributed by atoms with E-state index in [1.165, 1.54) is 5.56 Å². The van der Waals surface area contributed by atoms with E-state index in [1.807, 2.05) is 35.7 Å². The quantitative estimate of drug-likeness (QED) is 0.832. The van der Waals surface area contributed by atoms with Gasteiger partial charge in [-0.25, -0.2) is 0 Å². The maximum absolute atomic E-state index is 4.48. The standard InChI is InChI=1S/C11H17N5/c1-4-12-7-9-8-15(2)14-11(9)10-5-6-13-16(10)3/h5-6,8,12H,4,7H2,1-3H3. The molecule has 5 heteroatoms. The van der Waals surface area contributed by atoms with Gasteiger partial charge in [0.25, 0.3) is 0 Å². The first-order valence-electron chi connectivity index (χ1n) is 5.44. The Labute approximate surface area is 95.1 Å². The molecule has 2 heterocycles. The third-order valence-corrected chi connectivity index (χ3v) is 2.53. The second-order valence-electron chi connectivity index (χ2n) is 3.80. The van der Waals surface area contributed by atoms with Crippen LogP contribution in [-0.2, 0) is 20.6 Å². The van der Waals surface area contributed by atoms with Crippen molar-refractivity contribution in [3.63, 3.8) is 0 Å². The van der Waals surface area contributed by atoms with Crippen LogP contribution in [0.15, 0.2) is 18.5 Å². The number of aryl methyl sites for hydroxylation is 2. The summed E-state index contributed by atoms with van der Waals surface area (Å²) in [7, 11) is 3.87. The van der Waals surface area contributed by atoms with Gasteiger partial charge in [0.15, 0.2) is 0 Å². The highest BCUT2D eigenvalue weighted by molar-refractivity contribution is 5.58. The predicted octanol–water partition coefficient (Wildman–Crippen LogP) is 0.930. The number of rotatable bonds is 4. The van der Waals surface area contributed by atoms with E-state index >= 15 is 0 Å². The molecule has 0 saturated carbocycles. The van der Waals surface area contributed by atoms with Crippen molar-refractivity contribution < 1.29 is 0 Å². The molecule has 1 N–H and O–H groups in total. The number of hydrogen-bond donors (Lipinski definition) is 1. The Morgan fingerprint density at radius 3 is 2.81 bits per heavy atom. The Morgan fingerprint density at radius 2 is 2.19 bits per heavy atom. The maximum Gasteiger partial charge on any atom is 0.115 e. The van der Waals surface area contributed by atoms with Crippen LogP contribution in [0.2, 0.25) is 0 Å². The summed E-state index contributed by atoms with van der Waals surface area (Å²) in [6.45, 7) is 3.89. The molecule has 0 atom stereocenters. The molecular weight excluding hydrogens is 202 g/mol. The molecule has 0 aliphatic heterocycles. The van der Waals surface area contributed by atoms with Crippen LogP contribution in [0.25, 0.3) is 11.4 Å². The van der Waals surface area contributed by atoms with Gasteiger partial charge in [-0.15, -0.1) is 0 Å². The van der Waals surface area contributed by atoms with Crippen molar-refractivity contribution in [2.45, 2.75) is 13.5 Å². The third kappa shape index (κ3) is 1.99. The lowest BCUT2D eigenvalue weighted by Gasteiger charge is -2.02. The highest BCUT2D eigenvalue weighted by atomic mass is 15.3. The van der Waals surface area contributed by atoms with E-state index in [-0.39, 0.29) is 0 Å². The van der Waals surface area contributed by atoms with Crippen molar-refractivity contribution in [2.75, 3.05) is 6.54 Å². The number of aromatic nitrogens is 4. The topological polar surface area (TPSA) is 47.7 Å². The van der Waals surface area contributed by atoms with Crippen LogP contribution in [0.4, 0.5) is 0 Å². The van der Waals surface area contributed by atoms with Crippen LogP contribution in [0.1, 0.15) is 12.5 Å². The Kier molecular flexibility index (Phi) is 3.05. The molecule has 2 aromatic rings. The van der Waals surface area contributed by atoms with Crippen LogP contribution in [-0.4, -0.2) is 26.1 Å². The molecule has 0 fully saturated rings. The van der Waals surface area contributed by atoms with Crippen LogP contribution in [0.3, 0.4) is 0 Å². The van der Waals surface area contributed by atoms with Crippen molar-refractivity contribution in [3.8, 4) is 11.4 Å². The minimum atomic E-state index is 0.838. The summed E-state index contributed by atoms with van der Waals surface area (Å²) in [5.41, 5.74) is 3.25. The highest BCUT2D eigenvalue weighted by Crippen LogP contribution is 2.20. The van der Waals surface area contributed by atoms with E-state index in [1.54, 1.807) is 6.20 Å². The van der Waals surface area contributed by atoms with Crippen LogP contribution >= 0.6 is 0 Å². The summed E-state index contributed by atoms with van der Waals surface area (Å²) in [6.07, 6.45) is 3.84. The van der Waals surface area contributed by atoms with Crippen molar-refractivity contribution >= 4 is 0 Å². The lowest BCUT2D eigenvalue weighted by molar-refractivity contribution is 0.723. The zero-order valence-electron chi connectivity index (χ0n) is 9.94. The van der Waals surface area contributed by atoms with Gasteiger partial charge >= 0.3 is 0 Å². The van der Waals surface area contributed by atoms with E-state index in [0.717, 1.165) is 24.5 Å². The van der Waals surface area contributed by atoms with Crippen molar-refractivity contribution in [2.24, 2.45) is 14.1 Å². The van der Waals surface area contributed by atoms with Crippen molar-refractivity contribution in [3.05, 3.63) is 24.0 Å². The summed E-state index contributed by atoms with van der Waals surface area (Å²) in [5.74, 6) is 0. The van der Waals surface area contributed by atoms with Gasteiger partial charge in [-0.05, 0) is 12.6 Å². The SMILES string of the molecule is CCNCc1cn(C)nc1-c1ccnn1C. The molecule has 0 amide bonds. The Balaban J connectivity index is 2.36. The van der Waals surface area contributed by atoms with E-state index in [9.17, 15) is 0 Å². The van der Waals surface area contributed by atoms with Gasteiger partial charge in [-0.1, -0.05) is 6.92 Å². The van der Waals surface area contributed by atoms with Gasteiger partial charge in [-0.3, -0.25) is 9.36 Å². The van der Waals surface area contributed by atoms with Gasteiger partial charge in [-0.2, -0.15) is 10.2 Å². The Morgan fingerprint density at radius 1 is 1.38 bits per heavy atom. The molecule has 0 radical (unpaired) electrons. The molecule has 0 unspecified atom stereocenters. The summed E-state index contributed by atoms with van der Waals surface area (Å²) in [4.78, 5) is 0. The number of nitrogens with one attached hydrogen (secondary N) is 1. The minimum Gasteiger partial charge on any atom is -0.313 e. The molecule has 0 aliphatic rings. The predicted molar refractivity (Wildman–Crippen MR) is 62.8 cm³/mol. The third-order valence-electron chi connectivity index (χ3n) is 2.53. The summed E-state index contributed by atoms with van der Waals surface area (Å²) in [6, 6.07) is 1.98. The van der Waals surface area contributed by atoms with E-state index in [2.05, 4.69) is 22.4 Å². The molecule has 0 spiro atoms. The summed E-state index contributed by atoms with van der Waals surface area (Å²) >= 11 is 0. The van der Waals surface area contributed by atoms with Gasteiger partial charge in [0.2, 0.25) is 0 Å². The highest BCUT2D eigenvalue weighted by Gasteiger charge is 2.12. The fourth-order valence-electron chi connectivity index (χ4n) is 1.75. The molecule has 0 bridgehead atoms. The van der Waals surface area contributed by atoms with E-state index in [4.69, 9.17) is 0 Å². The summed E-state index contributed by atoms with van der Waals surface area (Å²) < 4.78 is 3.69. The molecule has 0 aromatic carbocycles. The van der Waals surface area contributed by atoms with Gasteiger partial charge in [0, 0.05) is 38.6 Å². The fourth-order valence-corrected chi connectivity index (χ4v) is 1.75. The lowest BCUT2D eigenvalue weighted by atomic mass is 10.2. The first-order valence-corrected chi connectivity index (χ1v) is 5.44. The van der Waals surface area contributed by atoms with Crippen molar-refractivity contribution in [1.82, 2.24) is 24.9 Å². The second-order valence-corrected chi connectivity index (χ2v) is 3.80. The molecule has 86 valence electrons. The molecule has 5 nitrogen and oxygen atoms in total. The molecule has 0 saturated heterocycles. The second kappa shape index (κ2) is 4.49. The largest absolute Gasteiger partial charge is 0.313 e. The zero-order valence-corrected chi connectivity index (χ0v) is 9.94. The Bertz CT molecular complexity index is 468. The van der Waals surface area contributed by atoms with Crippen LogP contribution in [0, 0.1) is 0 Å². The average molecular weight is 219 g/mol. The first kappa shape index (κ1) is 10.9. The smallest absolute Gasteiger partial charge is 0.115 e. The van der Waals surface area contributed by atoms with Gasteiger partial charge in [0.1, 0.15) is 5.69 Å². The fraction of sp³-hybridized carbons (Fsp3) is 0.455. The van der Waals surface area contributed by atoms with E-state index < -0.39 is 0 Å². The Hall–Kier alpha value is -1.62. The van der Waals surface area contributed by atoms with Crippen LogP contribution < -0.4 is 5.32 Å². The molecular formula is C11H17N5. The average Bonchev–Trinajstić information content (AvgIpc) is 2.81. The molecule has 16 heavy (non-hydrogen) atoms. The van der Waals surface area contributed by atoms with Crippen molar-refractivity contribution in [1.29, 1.82) is 0 Å². The minimum absolute atomic E-state index is 0.838. The molecule has 2 rings (SSSR count). The van der Waals surface area contributed by atoms with Gasteiger partial charge in [0.05, 0.1) is 5.69 Å². The molecule has 2 aromatic heterocycles.